The summed E-state index contributed by atoms with van der Waals surface area (Å²) in [5, 5.41) is 0. The number of hydrogen-bond acceptors (Lipinski definition) is 4. The molecule has 72 valence electrons. The number of benzene rings is 1. The molecule has 1 aromatic heterocycles. The lowest BCUT2D eigenvalue weighted by molar-refractivity contribution is 0.626. The number of nitrogens with zero attached hydrogens (tertiary/aromatic N) is 1. The Hall–Kier alpha value is -1.42. The largest absolute Gasteiger partial charge is 0.424 e. The highest BCUT2D eigenvalue weighted by molar-refractivity contribution is 7.80. The molecule has 0 aliphatic rings. The van der Waals surface area contributed by atoms with Gasteiger partial charge in [0.1, 0.15) is 5.52 Å². The van der Waals surface area contributed by atoms with Crippen LogP contribution in [-0.2, 0) is 0 Å². The van der Waals surface area contributed by atoms with Crippen molar-refractivity contribution in [2.45, 2.75) is 0 Å². The van der Waals surface area contributed by atoms with Gasteiger partial charge in [0.05, 0.1) is 0 Å². The van der Waals surface area contributed by atoms with Crippen LogP contribution in [-0.4, -0.2) is 10.7 Å². The van der Waals surface area contributed by atoms with Gasteiger partial charge in [-0.25, -0.2) is 0 Å². The molecular formula is C10H10N2OS. The summed E-state index contributed by atoms with van der Waals surface area (Å²) in [6.45, 7) is 0. The first-order valence-electron chi connectivity index (χ1n) is 4.23. The summed E-state index contributed by atoms with van der Waals surface area (Å²) in [6, 6.07) is 5.94. The van der Waals surface area contributed by atoms with E-state index in [0.717, 1.165) is 16.8 Å². The van der Waals surface area contributed by atoms with Crippen molar-refractivity contribution in [3.8, 4) is 0 Å². The molecule has 1 aromatic carbocycles. The molecule has 0 unspecified atom stereocenters. The van der Waals surface area contributed by atoms with Crippen molar-refractivity contribution in [3.05, 3.63) is 29.8 Å². The Bertz CT molecular complexity index is 476. The molecule has 2 aromatic rings. The minimum absolute atomic E-state index is 0.204. The zero-order valence-corrected chi connectivity index (χ0v) is 8.37. The van der Waals surface area contributed by atoms with Gasteiger partial charge in [-0.3, -0.25) is 0 Å². The maximum absolute atomic E-state index is 5.43. The van der Waals surface area contributed by atoms with Crippen LogP contribution in [0.4, 0.5) is 6.01 Å². The average molecular weight is 206 g/mol. The van der Waals surface area contributed by atoms with Gasteiger partial charge in [-0.2, -0.15) is 17.6 Å². The molecule has 0 saturated carbocycles. The molecule has 0 fully saturated rings. The van der Waals surface area contributed by atoms with Crippen LogP contribution < -0.4 is 5.73 Å². The lowest BCUT2D eigenvalue weighted by atomic mass is 10.2. The van der Waals surface area contributed by atoms with E-state index in [9.17, 15) is 0 Å². The number of thiol groups is 1. The van der Waals surface area contributed by atoms with Crippen molar-refractivity contribution in [2.24, 2.45) is 0 Å². The number of fused-ring (bicyclic) bond motifs is 1. The number of rotatable bonds is 2. The van der Waals surface area contributed by atoms with Crippen LogP contribution in [0.15, 0.2) is 28.7 Å². The highest BCUT2D eigenvalue weighted by Crippen LogP contribution is 2.18. The third-order valence-electron chi connectivity index (χ3n) is 1.84. The maximum atomic E-state index is 5.43. The van der Waals surface area contributed by atoms with E-state index in [1.54, 1.807) is 0 Å². The number of hydrogen-bond donors (Lipinski definition) is 2. The van der Waals surface area contributed by atoms with Crippen molar-refractivity contribution < 1.29 is 4.42 Å². The lowest BCUT2D eigenvalue weighted by Crippen LogP contribution is -1.80. The van der Waals surface area contributed by atoms with E-state index >= 15 is 0 Å². The van der Waals surface area contributed by atoms with Crippen LogP contribution in [0.5, 0.6) is 0 Å². The highest BCUT2D eigenvalue weighted by atomic mass is 32.1. The Morgan fingerprint density at radius 2 is 2.36 bits per heavy atom. The summed E-state index contributed by atoms with van der Waals surface area (Å²) in [5.41, 5.74) is 8.00. The number of anilines is 1. The van der Waals surface area contributed by atoms with E-state index in [4.69, 9.17) is 10.2 Å². The Morgan fingerprint density at radius 1 is 1.50 bits per heavy atom. The smallest absolute Gasteiger partial charge is 0.292 e. The minimum atomic E-state index is 0.204. The predicted molar refractivity (Wildman–Crippen MR) is 61.3 cm³/mol. The number of nitrogen functional groups attached to an aromatic ring is 1. The topological polar surface area (TPSA) is 52.0 Å². The van der Waals surface area contributed by atoms with Crippen LogP contribution in [0.1, 0.15) is 5.56 Å². The summed E-state index contributed by atoms with van der Waals surface area (Å²) in [4.78, 5) is 4.04. The third kappa shape index (κ3) is 1.75. The van der Waals surface area contributed by atoms with Gasteiger partial charge in [-0.05, 0) is 17.7 Å². The van der Waals surface area contributed by atoms with Crippen molar-refractivity contribution in [3.63, 3.8) is 0 Å². The first-order chi connectivity index (χ1) is 6.79. The molecule has 4 heteroatoms. The molecule has 0 saturated heterocycles. The van der Waals surface area contributed by atoms with E-state index in [-0.39, 0.29) is 6.01 Å². The molecule has 3 nitrogen and oxygen atoms in total. The van der Waals surface area contributed by atoms with Crippen LogP contribution in [0.25, 0.3) is 17.2 Å². The number of oxazole rings is 1. The van der Waals surface area contributed by atoms with Gasteiger partial charge in [0.2, 0.25) is 0 Å². The quantitative estimate of drug-likeness (QED) is 0.741. The molecule has 0 radical (unpaired) electrons. The van der Waals surface area contributed by atoms with Gasteiger partial charge in [0.25, 0.3) is 6.01 Å². The van der Waals surface area contributed by atoms with Gasteiger partial charge in [-0.1, -0.05) is 18.2 Å². The van der Waals surface area contributed by atoms with Crippen molar-refractivity contribution in [1.29, 1.82) is 0 Å². The normalized spacial score (nSPS) is 11.5. The second kappa shape index (κ2) is 3.75. The molecule has 0 atom stereocenters. The molecule has 0 aliphatic carbocycles. The van der Waals surface area contributed by atoms with Gasteiger partial charge in [-0.15, -0.1) is 0 Å². The Labute approximate surface area is 87.0 Å². The predicted octanol–water partition coefficient (Wildman–Crippen LogP) is 2.35. The van der Waals surface area contributed by atoms with Crippen LogP contribution in [0.3, 0.4) is 0 Å². The Balaban J connectivity index is 2.45. The summed E-state index contributed by atoms with van der Waals surface area (Å²) < 4.78 is 5.15. The summed E-state index contributed by atoms with van der Waals surface area (Å²) in [6.07, 6.45) is 3.95. The summed E-state index contributed by atoms with van der Waals surface area (Å²) in [5.74, 6) is 0.721. The van der Waals surface area contributed by atoms with Crippen molar-refractivity contribution in [1.82, 2.24) is 4.98 Å². The first-order valence-corrected chi connectivity index (χ1v) is 4.86. The van der Waals surface area contributed by atoms with Gasteiger partial charge in [0, 0.05) is 5.75 Å². The van der Waals surface area contributed by atoms with E-state index in [0.29, 0.717) is 5.58 Å². The molecule has 2 N–H and O–H groups in total. The van der Waals surface area contributed by atoms with Crippen LogP contribution in [0.2, 0.25) is 0 Å². The number of aromatic nitrogens is 1. The summed E-state index contributed by atoms with van der Waals surface area (Å²) >= 11 is 4.09. The Kier molecular flexibility index (Phi) is 2.45. The van der Waals surface area contributed by atoms with Crippen LogP contribution >= 0.6 is 12.6 Å². The zero-order valence-electron chi connectivity index (χ0n) is 7.47. The fraction of sp³-hybridized carbons (Fsp3) is 0.100. The lowest BCUT2D eigenvalue weighted by Gasteiger charge is -1.91. The average Bonchev–Trinajstić information content (AvgIpc) is 2.54. The molecule has 0 bridgehead atoms. The molecule has 0 spiro atoms. The molecule has 1 heterocycles. The first kappa shape index (κ1) is 9.15. The molecular weight excluding hydrogens is 196 g/mol. The second-order valence-electron chi connectivity index (χ2n) is 2.86. The molecule has 0 aliphatic heterocycles. The van der Waals surface area contributed by atoms with Gasteiger partial charge < -0.3 is 10.2 Å². The van der Waals surface area contributed by atoms with Crippen LogP contribution in [0, 0.1) is 0 Å². The van der Waals surface area contributed by atoms with Gasteiger partial charge >= 0.3 is 0 Å². The zero-order chi connectivity index (χ0) is 9.97. The molecule has 2 rings (SSSR count). The fourth-order valence-corrected chi connectivity index (χ4v) is 1.36. The molecule has 0 amide bonds. The van der Waals surface area contributed by atoms with Crippen molar-refractivity contribution >= 4 is 35.8 Å². The standard InChI is InChI=1S/C10H10N2OS/c11-10-12-8-6-7(2-1-5-14)3-4-9(8)13-10/h1-4,6,14H,5H2,(H2,11,12). The van der Waals surface area contributed by atoms with Crippen molar-refractivity contribution in [2.75, 3.05) is 11.5 Å². The fourth-order valence-electron chi connectivity index (χ4n) is 1.25. The van der Waals surface area contributed by atoms with E-state index in [2.05, 4.69) is 17.6 Å². The summed E-state index contributed by atoms with van der Waals surface area (Å²) in [7, 11) is 0. The minimum Gasteiger partial charge on any atom is -0.424 e. The van der Waals surface area contributed by atoms with E-state index < -0.39 is 0 Å². The second-order valence-corrected chi connectivity index (χ2v) is 3.23. The number of nitrogens with two attached hydrogens (primary N) is 1. The highest BCUT2D eigenvalue weighted by Gasteiger charge is 2.01. The Morgan fingerprint density at radius 3 is 3.14 bits per heavy atom. The van der Waals surface area contributed by atoms with Gasteiger partial charge in [0.15, 0.2) is 5.58 Å². The SMILES string of the molecule is Nc1nc2cc(C=CCS)ccc2o1. The maximum Gasteiger partial charge on any atom is 0.292 e. The van der Waals surface area contributed by atoms with E-state index in [1.165, 1.54) is 0 Å². The molecule has 14 heavy (non-hydrogen) atoms. The van der Waals surface area contributed by atoms with E-state index in [1.807, 2.05) is 30.4 Å². The monoisotopic (exact) mass is 206 g/mol. The third-order valence-corrected chi connectivity index (χ3v) is 2.05.